The second-order valence-electron chi connectivity index (χ2n) is 6.46. The predicted octanol–water partition coefficient (Wildman–Crippen LogP) is 2.32. The summed E-state index contributed by atoms with van der Waals surface area (Å²) >= 11 is 3.10. The van der Waals surface area contributed by atoms with Crippen LogP contribution in [-0.4, -0.2) is 32.3 Å². The van der Waals surface area contributed by atoms with E-state index in [2.05, 4.69) is 34.0 Å². The minimum absolute atomic E-state index is 0.158. The number of thiophene rings is 1. The van der Waals surface area contributed by atoms with Gasteiger partial charge in [-0.25, -0.2) is 0 Å². The van der Waals surface area contributed by atoms with Gasteiger partial charge in [0.25, 0.3) is 0 Å². The molecule has 2 aromatic heterocycles. The zero-order valence-corrected chi connectivity index (χ0v) is 16.8. The number of carbonyl (C=O) groups excluding carboxylic acids is 2. The number of aryl methyl sites for hydroxylation is 1. The number of hydrogen-bond donors (Lipinski definition) is 2. The minimum Gasteiger partial charge on any atom is -0.304 e. The first-order chi connectivity index (χ1) is 12.5. The topological polar surface area (TPSA) is 88.9 Å². The van der Waals surface area contributed by atoms with E-state index in [4.69, 9.17) is 0 Å². The van der Waals surface area contributed by atoms with Crippen molar-refractivity contribution in [1.82, 2.24) is 25.6 Å². The standard InChI is InChI=1S/C17H23N5O2S2/c1-4-11-5-6-13-12(7-11)8-14(26-13)16-20-21-17(22(16)3)25-9-15(24)19-18-10(2)23/h8,11H,4-7,9H2,1-3H3,(H,18,23)(H,19,24). The molecule has 0 radical (unpaired) electrons. The molecule has 2 N–H and O–H groups in total. The molecule has 1 aliphatic carbocycles. The Hall–Kier alpha value is -1.87. The van der Waals surface area contributed by atoms with Gasteiger partial charge in [-0.15, -0.1) is 21.5 Å². The zero-order chi connectivity index (χ0) is 18.7. The molecule has 2 amide bonds. The van der Waals surface area contributed by atoms with Crippen LogP contribution in [0.2, 0.25) is 0 Å². The van der Waals surface area contributed by atoms with E-state index in [9.17, 15) is 9.59 Å². The highest BCUT2D eigenvalue weighted by molar-refractivity contribution is 7.99. The Labute approximate surface area is 160 Å². The molecular weight excluding hydrogens is 370 g/mol. The largest absolute Gasteiger partial charge is 0.304 e. The van der Waals surface area contributed by atoms with Crippen molar-refractivity contribution in [2.45, 2.75) is 44.7 Å². The highest BCUT2D eigenvalue weighted by Gasteiger charge is 2.22. The van der Waals surface area contributed by atoms with Crippen molar-refractivity contribution in [3.63, 3.8) is 0 Å². The maximum atomic E-state index is 11.7. The van der Waals surface area contributed by atoms with E-state index in [1.165, 1.54) is 42.0 Å². The molecule has 0 bridgehead atoms. The van der Waals surface area contributed by atoms with Gasteiger partial charge in [0.05, 0.1) is 10.6 Å². The molecular formula is C17H23N5O2S2. The third-order valence-corrected chi connectivity index (χ3v) is 6.78. The minimum atomic E-state index is -0.309. The van der Waals surface area contributed by atoms with Crippen LogP contribution in [0.3, 0.4) is 0 Å². The lowest BCUT2D eigenvalue weighted by molar-refractivity contribution is -0.126. The van der Waals surface area contributed by atoms with Gasteiger partial charge in [-0.05, 0) is 36.8 Å². The number of nitrogens with one attached hydrogen (secondary N) is 2. The normalized spacial score (nSPS) is 16.2. The van der Waals surface area contributed by atoms with Gasteiger partial charge < -0.3 is 4.57 Å². The smallest absolute Gasteiger partial charge is 0.248 e. The van der Waals surface area contributed by atoms with Crippen LogP contribution in [0.15, 0.2) is 11.2 Å². The molecule has 1 atom stereocenters. The summed E-state index contributed by atoms with van der Waals surface area (Å²) in [7, 11) is 1.91. The fourth-order valence-electron chi connectivity index (χ4n) is 3.04. The van der Waals surface area contributed by atoms with Crippen LogP contribution < -0.4 is 10.9 Å². The lowest BCUT2D eigenvalue weighted by Gasteiger charge is -2.19. The van der Waals surface area contributed by atoms with E-state index >= 15 is 0 Å². The van der Waals surface area contributed by atoms with Crippen molar-refractivity contribution in [2.75, 3.05) is 5.75 Å². The molecule has 0 spiro atoms. The van der Waals surface area contributed by atoms with E-state index in [1.54, 1.807) is 11.3 Å². The maximum Gasteiger partial charge on any atom is 0.248 e. The molecule has 3 rings (SSSR count). The first-order valence-electron chi connectivity index (χ1n) is 8.67. The molecule has 9 heteroatoms. The van der Waals surface area contributed by atoms with Gasteiger partial charge in [0.1, 0.15) is 0 Å². The Morgan fingerprint density at radius 3 is 2.92 bits per heavy atom. The highest BCUT2D eigenvalue weighted by Crippen LogP contribution is 2.37. The number of thioether (sulfide) groups is 1. The van der Waals surface area contributed by atoms with E-state index in [1.807, 2.05) is 11.6 Å². The number of rotatable bonds is 5. The van der Waals surface area contributed by atoms with Gasteiger partial charge in [0, 0.05) is 18.8 Å². The average Bonchev–Trinajstić information content (AvgIpc) is 3.20. The van der Waals surface area contributed by atoms with Crippen LogP contribution in [0.5, 0.6) is 0 Å². The average molecular weight is 394 g/mol. The van der Waals surface area contributed by atoms with Crippen LogP contribution in [0.25, 0.3) is 10.7 Å². The molecule has 0 aromatic carbocycles. The molecule has 26 heavy (non-hydrogen) atoms. The second kappa shape index (κ2) is 8.22. The molecule has 2 heterocycles. The zero-order valence-electron chi connectivity index (χ0n) is 15.2. The van der Waals surface area contributed by atoms with Gasteiger partial charge in [-0.2, -0.15) is 0 Å². The molecule has 140 valence electrons. The van der Waals surface area contributed by atoms with Gasteiger partial charge >= 0.3 is 0 Å². The summed E-state index contributed by atoms with van der Waals surface area (Å²) in [6.07, 6.45) is 4.81. The van der Waals surface area contributed by atoms with E-state index in [0.717, 1.165) is 29.5 Å². The van der Waals surface area contributed by atoms with Crippen molar-refractivity contribution in [3.05, 3.63) is 16.5 Å². The third-order valence-electron chi connectivity index (χ3n) is 4.53. The molecule has 0 saturated heterocycles. The fraction of sp³-hybridized carbons (Fsp3) is 0.529. The number of hydrogen-bond acceptors (Lipinski definition) is 6. The van der Waals surface area contributed by atoms with Gasteiger partial charge in [0.15, 0.2) is 11.0 Å². The van der Waals surface area contributed by atoms with Crippen molar-refractivity contribution in [3.8, 4) is 10.7 Å². The summed E-state index contributed by atoms with van der Waals surface area (Å²) in [6.45, 7) is 3.60. The van der Waals surface area contributed by atoms with E-state index in [-0.39, 0.29) is 17.6 Å². The predicted molar refractivity (Wildman–Crippen MR) is 103 cm³/mol. The van der Waals surface area contributed by atoms with Crippen molar-refractivity contribution in [2.24, 2.45) is 13.0 Å². The fourth-order valence-corrected chi connectivity index (χ4v) is 4.98. The number of fused-ring (bicyclic) bond motifs is 1. The summed E-state index contributed by atoms with van der Waals surface area (Å²) in [5, 5.41) is 9.21. The third kappa shape index (κ3) is 4.27. The molecule has 7 nitrogen and oxygen atoms in total. The van der Waals surface area contributed by atoms with Crippen molar-refractivity contribution in [1.29, 1.82) is 0 Å². The van der Waals surface area contributed by atoms with Gasteiger partial charge in [-0.1, -0.05) is 25.1 Å². The molecule has 1 aliphatic rings. The number of amides is 2. The van der Waals surface area contributed by atoms with Crippen LogP contribution in [0, 0.1) is 5.92 Å². The Morgan fingerprint density at radius 1 is 1.38 bits per heavy atom. The lowest BCUT2D eigenvalue weighted by atomic mass is 9.87. The van der Waals surface area contributed by atoms with Crippen LogP contribution >= 0.6 is 23.1 Å². The number of carbonyl (C=O) groups is 2. The van der Waals surface area contributed by atoms with Crippen molar-refractivity contribution < 1.29 is 9.59 Å². The van der Waals surface area contributed by atoms with Crippen molar-refractivity contribution >= 4 is 34.9 Å². The summed E-state index contributed by atoms with van der Waals surface area (Å²) in [4.78, 5) is 25.1. The monoisotopic (exact) mass is 393 g/mol. The Kier molecular flexibility index (Phi) is 5.98. The van der Waals surface area contributed by atoms with Crippen LogP contribution in [-0.2, 0) is 29.5 Å². The molecule has 1 unspecified atom stereocenters. The highest BCUT2D eigenvalue weighted by atomic mass is 32.2. The Balaban J connectivity index is 1.67. The van der Waals surface area contributed by atoms with Gasteiger partial charge in [0.2, 0.25) is 11.8 Å². The first-order valence-corrected chi connectivity index (χ1v) is 10.5. The van der Waals surface area contributed by atoms with Crippen LogP contribution in [0.4, 0.5) is 0 Å². The quantitative estimate of drug-likeness (QED) is 0.601. The van der Waals surface area contributed by atoms with E-state index < -0.39 is 0 Å². The number of aromatic nitrogens is 3. The molecule has 2 aromatic rings. The molecule has 0 aliphatic heterocycles. The summed E-state index contributed by atoms with van der Waals surface area (Å²) < 4.78 is 1.92. The Morgan fingerprint density at radius 2 is 2.19 bits per heavy atom. The van der Waals surface area contributed by atoms with E-state index in [0.29, 0.717) is 5.16 Å². The molecule has 0 fully saturated rings. The SMILES string of the molecule is CCC1CCc2sc(-c3nnc(SCC(=O)NNC(C)=O)n3C)cc2C1. The number of hydrazine groups is 1. The summed E-state index contributed by atoms with van der Waals surface area (Å²) in [6, 6.07) is 2.25. The summed E-state index contributed by atoms with van der Waals surface area (Å²) in [5.74, 6) is 1.19. The second-order valence-corrected chi connectivity index (χ2v) is 8.54. The first kappa shape index (κ1) is 18.9. The Bertz CT molecular complexity index is 814. The summed E-state index contributed by atoms with van der Waals surface area (Å²) in [5.41, 5.74) is 6.06. The maximum absolute atomic E-state index is 11.7. The number of nitrogens with zero attached hydrogens (tertiary/aromatic N) is 3. The lowest BCUT2D eigenvalue weighted by Crippen LogP contribution is -2.41. The van der Waals surface area contributed by atoms with Crippen LogP contribution in [0.1, 0.15) is 37.1 Å². The van der Waals surface area contributed by atoms with Gasteiger partial charge in [-0.3, -0.25) is 20.4 Å². The molecule has 0 saturated carbocycles.